The molecule has 9 nitrogen and oxygen atoms in total. The average molecular weight is 510 g/mol. The van der Waals surface area contributed by atoms with Crippen molar-refractivity contribution < 1.29 is 27.2 Å². The van der Waals surface area contributed by atoms with Crippen LogP contribution in [0.4, 0.5) is 29.2 Å². The zero-order chi connectivity index (χ0) is 27.2. The lowest BCUT2D eigenvalue weighted by Crippen LogP contribution is -2.38. The molecule has 194 valence electrons. The number of nitrogens with zero attached hydrogens (tertiary/aromatic N) is 4. The Morgan fingerprint density at radius 3 is 2.31 bits per heavy atom. The predicted octanol–water partition coefficient (Wildman–Crippen LogP) is 3.71. The number of primary amides is 1. The molecular weight excluding hydrogens is 482 g/mol. The normalized spacial score (nSPS) is 12.3. The molecule has 0 unspecified atom stereocenters. The minimum absolute atomic E-state index is 0.0138. The molecule has 0 radical (unpaired) electrons. The Morgan fingerprint density at radius 1 is 1.14 bits per heavy atom. The molecule has 0 aliphatic heterocycles. The molecule has 0 saturated carbocycles. The van der Waals surface area contributed by atoms with Gasteiger partial charge in [0.25, 0.3) is 5.91 Å². The van der Waals surface area contributed by atoms with Crippen LogP contribution in [0.5, 0.6) is 0 Å². The monoisotopic (exact) mass is 509 g/mol. The van der Waals surface area contributed by atoms with Crippen molar-refractivity contribution in [3.8, 4) is 11.3 Å². The standard InChI is InChI=1S/C23H27F4N7O2/c1-11(2)34-20(28)18(21(29)36)19(32-34)13-7-6-12(14(24)8-13)9-17(35)30-16-10-15(33(5)31-16)22(3,4)23(25,26)27/h6-8,10-11H,9,28H2,1-5H3,(H2,29,36)(H,30,31,35). The van der Waals surface area contributed by atoms with Crippen LogP contribution < -0.4 is 16.8 Å². The van der Waals surface area contributed by atoms with E-state index in [0.29, 0.717) is 0 Å². The number of benzene rings is 1. The smallest absolute Gasteiger partial charge is 0.383 e. The number of alkyl halides is 3. The van der Waals surface area contributed by atoms with Crippen molar-refractivity contribution in [3.05, 3.63) is 46.9 Å². The molecule has 2 heterocycles. The molecule has 0 aliphatic carbocycles. The first kappa shape index (κ1) is 26.7. The highest BCUT2D eigenvalue weighted by molar-refractivity contribution is 6.03. The lowest BCUT2D eigenvalue weighted by atomic mass is 9.88. The Morgan fingerprint density at radius 2 is 1.78 bits per heavy atom. The van der Waals surface area contributed by atoms with Gasteiger partial charge in [-0.05, 0) is 39.3 Å². The van der Waals surface area contributed by atoms with Crippen LogP contribution in [0, 0.1) is 5.82 Å². The molecule has 0 saturated heterocycles. The van der Waals surface area contributed by atoms with Crippen LogP contribution in [0.15, 0.2) is 24.3 Å². The van der Waals surface area contributed by atoms with Crippen molar-refractivity contribution in [2.24, 2.45) is 12.8 Å². The van der Waals surface area contributed by atoms with Crippen molar-refractivity contribution in [1.29, 1.82) is 0 Å². The first-order valence-electron chi connectivity index (χ1n) is 10.9. The third-order valence-corrected chi connectivity index (χ3v) is 5.86. The number of hydrogen-bond donors (Lipinski definition) is 3. The van der Waals surface area contributed by atoms with Crippen molar-refractivity contribution >= 4 is 23.5 Å². The van der Waals surface area contributed by atoms with Gasteiger partial charge in [0, 0.05) is 24.7 Å². The Labute approximate surface area is 204 Å². The van der Waals surface area contributed by atoms with E-state index in [0.717, 1.165) is 30.7 Å². The summed E-state index contributed by atoms with van der Waals surface area (Å²) in [7, 11) is 1.34. The van der Waals surface area contributed by atoms with E-state index in [4.69, 9.17) is 11.5 Å². The number of carbonyl (C=O) groups excluding carboxylic acids is 2. The molecule has 0 fully saturated rings. The molecule has 2 aromatic heterocycles. The van der Waals surface area contributed by atoms with Crippen molar-refractivity contribution in [2.45, 2.75) is 51.7 Å². The highest BCUT2D eigenvalue weighted by Crippen LogP contribution is 2.40. The zero-order valence-corrected chi connectivity index (χ0v) is 20.4. The quantitative estimate of drug-likeness (QED) is 0.418. The summed E-state index contributed by atoms with van der Waals surface area (Å²) in [6.45, 7) is 5.62. The van der Waals surface area contributed by atoms with Gasteiger partial charge in [-0.1, -0.05) is 12.1 Å². The van der Waals surface area contributed by atoms with Crippen LogP contribution >= 0.6 is 0 Å². The Hall–Kier alpha value is -3.90. The first-order valence-corrected chi connectivity index (χ1v) is 10.9. The molecule has 0 bridgehead atoms. The van der Waals surface area contributed by atoms with Gasteiger partial charge in [0.15, 0.2) is 5.82 Å². The van der Waals surface area contributed by atoms with Gasteiger partial charge in [0.2, 0.25) is 5.91 Å². The van der Waals surface area contributed by atoms with Crippen LogP contribution in [0.1, 0.15) is 55.4 Å². The molecule has 2 amide bonds. The van der Waals surface area contributed by atoms with Crippen LogP contribution in [-0.4, -0.2) is 37.6 Å². The SMILES string of the molecule is CC(C)n1nc(-c2ccc(CC(=O)Nc3cc(C(C)(C)C(F)(F)F)n(C)n3)c(F)c2)c(C(N)=O)c1N. The van der Waals surface area contributed by atoms with E-state index in [1.165, 1.54) is 23.9 Å². The molecule has 5 N–H and O–H groups in total. The number of aryl methyl sites for hydroxylation is 1. The average Bonchev–Trinajstić information content (AvgIpc) is 3.28. The highest BCUT2D eigenvalue weighted by Gasteiger charge is 2.50. The molecule has 3 aromatic rings. The fourth-order valence-corrected chi connectivity index (χ4v) is 3.74. The summed E-state index contributed by atoms with van der Waals surface area (Å²) in [5.74, 6) is -2.29. The van der Waals surface area contributed by atoms with E-state index < -0.39 is 35.6 Å². The van der Waals surface area contributed by atoms with Gasteiger partial charge in [-0.2, -0.15) is 23.4 Å². The van der Waals surface area contributed by atoms with Gasteiger partial charge in [-0.15, -0.1) is 0 Å². The second kappa shape index (κ2) is 9.28. The lowest BCUT2D eigenvalue weighted by molar-refractivity contribution is -0.182. The van der Waals surface area contributed by atoms with Crippen LogP contribution in [0.2, 0.25) is 0 Å². The van der Waals surface area contributed by atoms with Crippen molar-refractivity contribution in [1.82, 2.24) is 19.6 Å². The van der Waals surface area contributed by atoms with E-state index in [1.54, 1.807) is 13.8 Å². The second-order valence-electron chi connectivity index (χ2n) is 9.20. The highest BCUT2D eigenvalue weighted by atomic mass is 19.4. The summed E-state index contributed by atoms with van der Waals surface area (Å²) >= 11 is 0. The van der Waals surface area contributed by atoms with Crippen LogP contribution in [0.25, 0.3) is 11.3 Å². The first-order chi connectivity index (χ1) is 16.5. The molecule has 0 aliphatic rings. The van der Waals surface area contributed by atoms with E-state index in [9.17, 15) is 27.2 Å². The summed E-state index contributed by atoms with van der Waals surface area (Å²) in [5.41, 5.74) is 9.42. The zero-order valence-electron chi connectivity index (χ0n) is 20.4. The Bertz CT molecular complexity index is 1320. The summed E-state index contributed by atoms with van der Waals surface area (Å²) in [4.78, 5) is 24.4. The van der Waals surface area contributed by atoms with Gasteiger partial charge in [-0.3, -0.25) is 14.3 Å². The molecule has 1 aromatic carbocycles. The summed E-state index contributed by atoms with van der Waals surface area (Å²) in [5, 5.41) is 10.6. The molecule has 3 rings (SSSR count). The van der Waals surface area contributed by atoms with Gasteiger partial charge < -0.3 is 16.8 Å². The largest absolute Gasteiger partial charge is 0.399 e. The number of nitrogen functional groups attached to an aromatic ring is 1. The van der Waals surface area contributed by atoms with Crippen molar-refractivity contribution in [3.63, 3.8) is 0 Å². The number of anilines is 2. The molecule has 36 heavy (non-hydrogen) atoms. The summed E-state index contributed by atoms with van der Waals surface area (Å²) in [6, 6.07) is 4.86. The summed E-state index contributed by atoms with van der Waals surface area (Å²) in [6.07, 6.45) is -4.94. The molecule has 0 spiro atoms. The number of nitrogens with one attached hydrogen (secondary N) is 1. The van der Waals surface area contributed by atoms with Gasteiger partial charge in [0.1, 0.15) is 28.3 Å². The van der Waals surface area contributed by atoms with Crippen LogP contribution in [-0.2, 0) is 23.7 Å². The molecule has 13 heteroatoms. The molecular formula is C23H27F4N7O2. The summed E-state index contributed by atoms with van der Waals surface area (Å²) < 4.78 is 57.5. The maximum Gasteiger partial charge on any atom is 0.399 e. The fourth-order valence-electron chi connectivity index (χ4n) is 3.74. The second-order valence-corrected chi connectivity index (χ2v) is 9.20. The number of nitrogens with two attached hydrogens (primary N) is 2. The Balaban J connectivity index is 1.82. The van der Waals surface area contributed by atoms with Gasteiger partial charge in [-0.25, -0.2) is 9.07 Å². The van der Waals surface area contributed by atoms with E-state index in [1.807, 2.05) is 0 Å². The van der Waals surface area contributed by atoms with E-state index >= 15 is 0 Å². The third-order valence-electron chi connectivity index (χ3n) is 5.86. The molecule has 0 atom stereocenters. The maximum absolute atomic E-state index is 14.9. The number of amides is 2. The van der Waals surface area contributed by atoms with Gasteiger partial charge in [0.05, 0.1) is 12.1 Å². The number of aromatic nitrogens is 4. The Kier molecular flexibility index (Phi) is 6.88. The van der Waals surface area contributed by atoms with Gasteiger partial charge >= 0.3 is 6.18 Å². The van der Waals surface area contributed by atoms with E-state index in [-0.39, 0.29) is 45.8 Å². The fraction of sp³-hybridized carbons (Fsp3) is 0.391. The number of rotatable bonds is 7. The lowest BCUT2D eigenvalue weighted by Gasteiger charge is -2.27. The number of carbonyl (C=O) groups is 2. The van der Waals surface area contributed by atoms with Crippen LogP contribution in [0.3, 0.4) is 0 Å². The topological polar surface area (TPSA) is 134 Å². The minimum Gasteiger partial charge on any atom is -0.383 e. The number of halogens is 4. The van der Waals surface area contributed by atoms with Crippen molar-refractivity contribution in [2.75, 3.05) is 11.1 Å². The number of hydrogen-bond acceptors (Lipinski definition) is 5. The predicted molar refractivity (Wildman–Crippen MR) is 126 cm³/mol. The minimum atomic E-state index is -4.53. The van der Waals surface area contributed by atoms with E-state index in [2.05, 4.69) is 15.5 Å². The third kappa shape index (κ3) is 4.90. The maximum atomic E-state index is 14.9.